The number of hydrogen-bond acceptors (Lipinski definition) is 6. The normalized spacial score (nSPS) is 12.8. The standard InChI is InChI=1S/C24H26N2O5S/c1-15-9-10-18(31-15)12-19-23(29)26(22(32-19)13-20(27)24(2,3)4)14-21(28)25-16-7-6-8-17(11-16)30-5/h6-13H,14H2,1-5H3,(H,25,28)/b19-12+,22-13-. The number of aryl methyl sites for hydroxylation is 1. The zero-order valence-corrected chi connectivity index (χ0v) is 19.5. The molecule has 3 rings (SSSR count). The average molecular weight is 455 g/mol. The van der Waals surface area contributed by atoms with Crippen LogP contribution >= 0.6 is 11.3 Å². The summed E-state index contributed by atoms with van der Waals surface area (Å²) in [7, 11) is 1.54. The smallest absolute Gasteiger partial charge is 0.269 e. The van der Waals surface area contributed by atoms with Crippen molar-refractivity contribution in [2.75, 3.05) is 12.4 Å². The van der Waals surface area contributed by atoms with Crippen LogP contribution in [0.2, 0.25) is 0 Å². The topological polar surface area (TPSA) is 90.5 Å². The van der Waals surface area contributed by atoms with E-state index < -0.39 is 11.3 Å². The van der Waals surface area contributed by atoms with Crippen LogP contribution in [0.1, 0.15) is 32.3 Å². The maximum absolute atomic E-state index is 13.1. The lowest BCUT2D eigenvalue weighted by atomic mass is 9.91. The van der Waals surface area contributed by atoms with Gasteiger partial charge < -0.3 is 14.5 Å². The van der Waals surface area contributed by atoms with Gasteiger partial charge in [-0.15, -0.1) is 11.3 Å². The summed E-state index contributed by atoms with van der Waals surface area (Å²) in [4.78, 5) is 38.4. The maximum Gasteiger partial charge on any atom is 0.269 e. The van der Waals surface area contributed by atoms with Crippen LogP contribution in [0.4, 0.5) is 5.69 Å². The van der Waals surface area contributed by atoms with Crippen molar-refractivity contribution in [2.24, 2.45) is 5.41 Å². The number of nitrogens with one attached hydrogen (secondary N) is 1. The summed E-state index contributed by atoms with van der Waals surface area (Å²) >= 11 is 1.15. The van der Waals surface area contributed by atoms with Gasteiger partial charge in [0.05, 0.1) is 11.6 Å². The van der Waals surface area contributed by atoms with Crippen LogP contribution in [0, 0.1) is 12.3 Å². The molecule has 0 bridgehead atoms. The third kappa shape index (κ3) is 5.64. The fourth-order valence-corrected chi connectivity index (χ4v) is 3.85. The van der Waals surface area contributed by atoms with Gasteiger partial charge in [-0.2, -0.15) is 0 Å². The second kappa shape index (κ2) is 9.40. The first-order valence-corrected chi connectivity index (χ1v) is 10.9. The van der Waals surface area contributed by atoms with Crippen molar-refractivity contribution in [3.05, 3.63) is 67.5 Å². The molecule has 7 nitrogen and oxygen atoms in total. The molecule has 2 aromatic heterocycles. The van der Waals surface area contributed by atoms with Gasteiger partial charge in [-0.25, -0.2) is 0 Å². The minimum absolute atomic E-state index is 0.138. The van der Waals surface area contributed by atoms with E-state index in [-0.39, 0.29) is 17.9 Å². The zero-order valence-electron chi connectivity index (χ0n) is 18.7. The minimum atomic E-state index is -0.615. The van der Waals surface area contributed by atoms with E-state index in [2.05, 4.69) is 5.32 Å². The predicted molar refractivity (Wildman–Crippen MR) is 125 cm³/mol. The number of Topliss-reactive ketones (excluding diaryl/α,β-unsaturated/α-hetero) is 1. The molecule has 0 unspecified atom stereocenters. The summed E-state index contributed by atoms with van der Waals surface area (Å²) in [5.74, 6) is 1.33. The highest BCUT2D eigenvalue weighted by Crippen LogP contribution is 2.17. The number of anilines is 1. The first-order valence-electron chi connectivity index (χ1n) is 10.0. The molecule has 0 radical (unpaired) electrons. The molecule has 0 saturated carbocycles. The van der Waals surface area contributed by atoms with Crippen LogP contribution in [-0.2, 0) is 16.1 Å². The second-order valence-electron chi connectivity index (χ2n) is 8.33. The number of hydrogen-bond donors (Lipinski definition) is 1. The number of furan rings is 1. The Morgan fingerprint density at radius 1 is 1.22 bits per heavy atom. The predicted octanol–water partition coefficient (Wildman–Crippen LogP) is 2.68. The van der Waals surface area contributed by atoms with E-state index in [1.54, 1.807) is 70.4 Å². The van der Waals surface area contributed by atoms with Crippen molar-refractivity contribution >= 4 is 40.9 Å². The van der Waals surface area contributed by atoms with Crippen molar-refractivity contribution in [2.45, 2.75) is 34.2 Å². The van der Waals surface area contributed by atoms with Gasteiger partial charge in [-0.1, -0.05) is 26.8 Å². The minimum Gasteiger partial charge on any atom is -0.497 e. The Hall–Kier alpha value is -3.39. The van der Waals surface area contributed by atoms with E-state index in [0.29, 0.717) is 26.4 Å². The SMILES string of the molecule is COc1cccc(NC(=O)Cn2c(=O)/c(=C\c3ccc(C)o3)s/c2=C\C(=O)C(C)(C)C)c1. The summed E-state index contributed by atoms with van der Waals surface area (Å²) in [6.45, 7) is 6.98. The molecule has 1 amide bonds. The van der Waals surface area contributed by atoms with Crippen LogP contribution in [0.3, 0.4) is 0 Å². The number of amides is 1. The molecule has 1 aromatic carbocycles. The summed E-state index contributed by atoms with van der Waals surface area (Å²) in [6.07, 6.45) is 3.05. The molecule has 2 heterocycles. The van der Waals surface area contributed by atoms with E-state index in [9.17, 15) is 14.4 Å². The fourth-order valence-electron chi connectivity index (χ4n) is 2.83. The summed E-state index contributed by atoms with van der Waals surface area (Å²) in [5.41, 5.74) is -0.431. The summed E-state index contributed by atoms with van der Waals surface area (Å²) < 4.78 is 12.8. The largest absolute Gasteiger partial charge is 0.497 e. The lowest BCUT2D eigenvalue weighted by molar-refractivity contribution is -0.120. The monoisotopic (exact) mass is 454 g/mol. The molecular weight excluding hydrogens is 428 g/mol. The molecule has 3 aromatic rings. The van der Waals surface area contributed by atoms with Crippen LogP contribution in [-0.4, -0.2) is 23.4 Å². The van der Waals surface area contributed by atoms with Crippen LogP contribution in [0.25, 0.3) is 12.2 Å². The Morgan fingerprint density at radius 3 is 2.59 bits per heavy atom. The third-order valence-corrected chi connectivity index (χ3v) is 5.68. The van der Waals surface area contributed by atoms with Gasteiger partial charge in [0.2, 0.25) is 5.91 Å². The maximum atomic E-state index is 13.1. The number of methoxy groups -OCH3 is 1. The van der Waals surface area contributed by atoms with Gasteiger partial charge in [-0.05, 0) is 31.2 Å². The van der Waals surface area contributed by atoms with Crippen LogP contribution in [0.5, 0.6) is 5.75 Å². The molecule has 0 atom stereocenters. The Labute approximate surface area is 189 Å². The highest BCUT2D eigenvalue weighted by Gasteiger charge is 2.20. The number of aromatic nitrogens is 1. The third-order valence-electron chi connectivity index (χ3n) is 4.62. The number of rotatable bonds is 6. The molecule has 0 saturated heterocycles. The molecule has 0 fully saturated rings. The van der Waals surface area contributed by atoms with E-state index >= 15 is 0 Å². The van der Waals surface area contributed by atoms with Gasteiger partial charge in [0.1, 0.15) is 28.5 Å². The Bertz CT molecular complexity index is 1320. The Balaban J connectivity index is 2.01. The molecule has 0 aliphatic rings. The number of benzene rings is 1. The molecule has 8 heteroatoms. The number of ketones is 1. The lowest BCUT2D eigenvalue weighted by Crippen LogP contribution is -2.36. The summed E-state index contributed by atoms with van der Waals surface area (Å²) in [5, 5.41) is 2.76. The number of nitrogens with zero attached hydrogens (tertiary/aromatic N) is 1. The quantitative estimate of drug-likeness (QED) is 0.619. The van der Waals surface area contributed by atoms with Gasteiger partial charge >= 0.3 is 0 Å². The highest BCUT2D eigenvalue weighted by atomic mass is 32.1. The zero-order chi connectivity index (χ0) is 23.5. The van der Waals surface area contributed by atoms with E-state index in [0.717, 1.165) is 17.1 Å². The fraction of sp³-hybridized carbons (Fsp3) is 0.292. The second-order valence-corrected chi connectivity index (χ2v) is 9.39. The van der Waals surface area contributed by atoms with E-state index in [1.807, 2.05) is 6.92 Å². The van der Waals surface area contributed by atoms with Gasteiger partial charge in [0.15, 0.2) is 5.78 Å². The molecule has 0 aliphatic heterocycles. The van der Waals surface area contributed by atoms with Gasteiger partial charge in [-0.3, -0.25) is 19.0 Å². The van der Waals surface area contributed by atoms with Crippen molar-refractivity contribution in [3.63, 3.8) is 0 Å². The molecular formula is C24H26N2O5S. The van der Waals surface area contributed by atoms with Gasteiger partial charge in [0.25, 0.3) is 5.56 Å². The molecule has 0 aliphatic carbocycles. The van der Waals surface area contributed by atoms with Gasteiger partial charge in [0, 0.05) is 29.3 Å². The Kier molecular flexibility index (Phi) is 6.84. The van der Waals surface area contributed by atoms with E-state index in [1.165, 1.54) is 10.6 Å². The molecule has 168 valence electrons. The van der Waals surface area contributed by atoms with Crippen LogP contribution in [0.15, 0.2) is 45.6 Å². The number of carbonyl (C=O) groups excluding carboxylic acids is 2. The first-order chi connectivity index (χ1) is 15.1. The molecule has 32 heavy (non-hydrogen) atoms. The lowest BCUT2D eigenvalue weighted by Gasteiger charge is -2.13. The summed E-state index contributed by atoms with van der Waals surface area (Å²) in [6, 6.07) is 10.5. The number of carbonyl (C=O) groups is 2. The Morgan fingerprint density at radius 2 is 1.97 bits per heavy atom. The van der Waals surface area contributed by atoms with Crippen LogP contribution < -0.4 is 24.8 Å². The molecule has 1 N–H and O–H groups in total. The number of ether oxygens (including phenoxy) is 1. The first kappa shape index (κ1) is 23.3. The van der Waals surface area contributed by atoms with Crippen molar-refractivity contribution in [1.29, 1.82) is 0 Å². The van der Waals surface area contributed by atoms with Crippen molar-refractivity contribution in [1.82, 2.24) is 4.57 Å². The van der Waals surface area contributed by atoms with E-state index in [4.69, 9.17) is 9.15 Å². The number of thiazole rings is 1. The molecule has 0 spiro atoms. The van der Waals surface area contributed by atoms with Crippen molar-refractivity contribution in [3.8, 4) is 5.75 Å². The average Bonchev–Trinajstić information content (AvgIpc) is 3.25. The van der Waals surface area contributed by atoms with Crippen molar-refractivity contribution < 1.29 is 18.7 Å². The highest BCUT2D eigenvalue weighted by molar-refractivity contribution is 7.07.